The van der Waals surface area contributed by atoms with Gasteiger partial charge in [0.2, 0.25) is 21.8 Å². The second-order valence-electron chi connectivity index (χ2n) is 5.37. The third-order valence-electron chi connectivity index (χ3n) is 3.49. The van der Waals surface area contributed by atoms with E-state index in [1.807, 2.05) is 0 Å². The number of nitrogens with one attached hydrogen (secondary N) is 3. The maximum Gasteiger partial charge on any atom is 0.241 e. The number of aliphatic hydroxyl groups is 1. The molecule has 11 heteroatoms. The Bertz CT molecular complexity index is 889. The zero-order valence-corrected chi connectivity index (χ0v) is 14.8. The monoisotopic (exact) mass is 398 g/mol. The summed E-state index contributed by atoms with van der Waals surface area (Å²) in [6.07, 6.45) is 0.249. The molecule has 26 heavy (non-hydrogen) atoms. The first-order valence-electron chi connectivity index (χ1n) is 7.47. The van der Waals surface area contributed by atoms with Crippen LogP contribution in [0.3, 0.4) is 0 Å². The van der Waals surface area contributed by atoms with E-state index in [-0.39, 0.29) is 11.4 Å². The molecule has 1 unspecified atom stereocenters. The molecule has 0 saturated carbocycles. The number of aromatic nitrogens is 1. The van der Waals surface area contributed by atoms with Gasteiger partial charge in [-0.05, 0) is 30.3 Å². The van der Waals surface area contributed by atoms with Crippen LogP contribution in [0.25, 0.3) is 0 Å². The van der Waals surface area contributed by atoms with Gasteiger partial charge in [-0.15, -0.1) is 0 Å². The number of nitrogens with zero attached hydrogens (tertiary/aromatic N) is 1. The molecule has 2 aromatic rings. The Labute approximate surface area is 154 Å². The molecule has 0 spiro atoms. The lowest BCUT2D eigenvalue weighted by Gasteiger charge is -2.11. The molecule has 1 saturated heterocycles. The highest BCUT2D eigenvalue weighted by molar-refractivity contribution is 7.89. The fraction of sp³-hybridized carbons (Fsp3) is 0.200. The molecular weight excluding hydrogens is 384 g/mol. The Morgan fingerprint density at radius 2 is 1.96 bits per heavy atom. The van der Waals surface area contributed by atoms with Crippen molar-refractivity contribution in [2.45, 2.75) is 17.3 Å². The van der Waals surface area contributed by atoms with Crippen LogP contribution in [0, 0.1) is 0 Å². The molecular formula is C15H15ClN4O5S. The summed E-state index contributed by atoms with van der Waals surface area (Å²) >= 11 is 5.74. The normalized spacial score (nSPS) is 20.0. The Kier molecular flexibility index (Phi) is 5.39. The molecule has 1 aromatic carbocycles. The maximum atomic E-state index is 12.3. The number of carbonyl (C=O) groups is 1. The fourth-order valence-electron chi connectivity index (χ4n) is 2.20. The highest BCUT2D eigenvalue weighted by atomic mass is 35.5. The van der Waals surface area contributed by atoms with Crippen molar-refractivity contribution < 1.29 is 23.1 Å². The second-order valence-corrected chi connectivity index (χ2v) is 7.57. The van der Waals surface area contributed by atoms with Crippen molar-refractivity contribution in [1.29, 1.82) is 0 Å². The molecule has 0 bridgehead atoms. The van der Waals surface area contributed by atoms with Crippen LogP contribution in [0.5, 0.6) is 11.6 Å². The van der Waals surface area contributed by atoms with E-state index in [0.717, 1.165) is 0 Å². The Balaban J connectivity index is 1.63. The fourth-order valence-corrected chi connectivity index (χ4v) is 3.36. The van der Waals surface area contributed by atoms with E-state index in [4.69, 9.17) is 16.3 Å². The number of amides is 1. The Morgan fingerprint density at radius 3 is 2.54 bits per heavy atom. The number of hydrogen-bond donors (Lipinski definition) is 4. The number of sulfonamides is 1. The number of aliphatic hydroxyl groups excluding tert-OH is 1. The average molecular weight is 399 g/mol. The zero-order valence-electron chi connectivity index (χ0n) is 13.2. The quantitative estimate of drug-likeness (QED) is 0.545. The van der Waals surface area contributed by atoms with Crippen molar-refractivity contribution in [3.63, 3.8) is 0 Å². The van der Waals surface area contributed by atoms with Crippen molar-refractivity contribution in [3.8, 4) is 11.6 Å². The SMILES string of the molecule is O=C1NC(O)N[C@H]1CNS(=O)(=O)c1ccc(Oc2ccc(Cl)cn2)cc1. The van der Waals surface area contributed by atoms with E-state index < -0.39 is 28.3 Å². The van der Waals surface area contributed by atoms with Gasteiger partial charge in [-0.2, -0.15) is 0 Å². The Morgan fingerprint density at radius 1 is 1.23 bits per heavy atom. The van der Waals surface area contributed by atoms with Gasteiger partial charge in [-0.3, -0.25) is 10.1 Å². The number of pyridine rings is 1. The minimum atomic E-state index is -3.82. The van der Waals surface area contributed by atoms with E-state index in [9.17, 15) is 18.3 Å². The van der Waals surface area contributed by atoms with Crippen LogP contribution in [0.4, 0.5) is 0 Å². The van der Waals surface area contributed by atoms with Crippen LogP contribution in [0.15, 0.2) is 47.5 Å². The van der Waals surface area contributed by atoms with Crippen LogP contribution in [0.2, 0.25) is 5.02 Å². The number of carbonyl (C=O) groups excluding carboxylic acids is 1. The summed E-state index contributed by atoms with van der Waals surface area (Å²) in [5, 5.41) is 14.4. The molecule has 4 N–H and O–H groups in total. The van der Waals surface area contributed by atoms with Crippen LogP contribution in [0.1, 0.15) is 0 Å². The summed E-state index contributed by atoms with van der Waals surface area (Å²) in [6, 6.07) is 8.05. The van der Waals surface area contributed by atoms with Gasteiger partial charge in [0.15, 0.2) is 6.35 Å². The van der Waals surface area contributed by atoms with Crippen molar-refractivity contribution in [2.24, 2.45) is 0 Å². The Hall–Kier alpha value is -2.24. The number of hydrogen-bond acceptors (Lipinski definition) is 7. The largest absolute Gasteiger partial charge is 0.439 e. The lowest BCUT2D eigenvalue weighted by Crippen LogP contribution is -2.42. The average Bonchev–Trinajstić information content (AvgIpc) is 2.93. The van der Waals surface area contributed by atoms with Crippen LogP contribution >= 0.6 is 11.6 Å². The molecule has 1 aliphatic rings. The van der Waals surface area contributed by atoms with E-state index in [1.165, 1.54) is 30.5 Å². The maximum absolute atomic E-state index is 12.3. The predicted octanol–water partition coefficient (Wildman–Crippen LogP) is 0.169. The van der Waals surface area contributed by atoms with Gasteiger partial charge >= 0.3 is 0 Å². The number of halogens is 1. The minimum Gasteiger partial charge on any atom is -0.439 e. The highest BCUT2D eigenvalue weighted by Gasteiger charge is 2.30. The smallest absolute Gasteiger partial charge is 0.241 e. The number of ether oxygens (including phenoxy) is 1. The summed E-state index contributed by atoms with van der Waals surface area (Å²) in [7, 11) is -3.82. The second kappa shape index (κ2) is 7.56. The lowest BCUT2D eigenvalue weighted by molar-refractivity contribution is -0.121. The first kappa shape index (κ1) is 18.5. The van der Waals surface area contributed by atoms with Gasteiger partial charge in [-0.1, -0.05) is 11.6 Å². The molecule has 2 heterocycles. The molecule has 0 aliphatic carbocycles. The van der Waals surface area contributed by atoms with Gasteiger partial charge in [0.05, 0.1) is 9.92 Å². The standard InChI is InChI=1S/C15H15ClN4O5S/c16-9-1-6-13(17-7-9)25-10-2-4-11(5-3-10)26(23,24)18-8-12-14(21)20-15(22)19-12/h1-7,12,15,18-19,22H,8H2,(H,20,21)/t12-,15?/m0/s1. The summed E-state index contributed by atoms with van der Waals surface area (Å²) in [5.41, 5.74) is 0. The van der Waals surface area contributed by atoms with Crippen LogP contribution in [-0.2, 0) is 14.8 Å². The van der Waals surface area contributed by atoms with E-state index >= 15 is 0 Å². The molecule has 9 nitrogen and oxygen atoms in total. The molecule has 2 atom stereocenters. The summed E-state index contributed by atoms with van der Waals surface area (Å²) in [4.78, 5) is 15.5. The third-order valence-corrected chi connectivity index (χ3v) is 5.15. The first-order valence-corrected chi connectivity index (χ1v) is 9.33. The van der Waals surface area contributed by atoms with Crippen molar-refractivity contribution in [3.05, 3.63) is 47.6 Å². The van der Waals surface area contributed by atoms with Gasteiger partial charge in [0.25, 0.3) is 0 Å². The molecule has 1 aromatic heterocycles. The van der Waals surface area contributed by atoms with Crippen LogP contribution in [-0.4, -0.2) is 43.4 Å². The van der Waals surface area contributed by atoms with E-state index in [1.54, 1.807) is 12.1 Å². The molecule has 0 radical (unpaired) electrons. The lowest BCUT2D eigenvalue weighted by atomic mass is 10.3. The van der Waals surface area contributed by atoms with Gasteiger partial charge in [0.1, 0.15) is 11.8 Å². The zero-order chi connectivity index (χ0) is 18.7. The summed E-state index contributed by atoms with van der Waals surface area (Å²) in [5.74, 6) is 0.234. The number of benzene rings is 1. The van der Waals surface area contributed by atoms with Crippen molar-refractivity contribution >= 4 is 27.5 Å². The molecule has 1 aliphatic heterocycles. The summed E-state index contributed by atoms with van der Waals surface area (Å²) < 4.78 is 32.4. The third kappa shape index (κ3) is 4.48. The van der Waals surface area contributed by atoms with Crippen molar-refractivity contribution in [1.82, 2.24) is 20.3 Å². The highest BCUT2D eigenvalue weighted by Crippen LogP contribution is 2.22. The van der Waals surface area contributed by atoms with Gasteiger partial charge in [0, 0.05) is 18.8 Å². The molecule has 1 amide bonds. The van der Waals surface area contributed by atoms with E-state index in [0.29, 0.717) is 16.7 Å². The molecule has 3 rings (SSSR count). The van der Waals surface area contributed by atoms with Gasteiger partial charge in [-0.25, -0.2) is 18.1 Å². The topological polar surface area (TPSA) is 130 Å². The molecule has 1 fully saturated rings. The van der Waals surface area contributed by atoms with Gasteiger partial charge < -0.3 is 15.2 Å². The molecule has 138 valence electrons. The summed E-state index contributed by atoms with van der Waals surface area (Å²) in [6.45, 7) is -0.196. The van der Waals surface area contributed by atoms with Crippen LogP contribution < -0.4 is 20.1 Å². The first-order chi connectivity index (χ1) is 12.3. The van der Waals surface area contributed by atoms with E-state index in [2.05, 4.69) is 20.3 Å². The number of rotatable bonds is 6. The minimum absolute atomic E-state index is 0.00729. The predicted molar refractivity (Wildman–Crippen MR) is 92.0 cm³/mol. The van der Waals surface area contributed by atoms with Crippen molar-refractivity contribution in [2.75, 3.05) is 6.54 Å².